The maximum Gasteiger partial charge on any atom is 0.340 e. The molecule has 3 rings (SSSR count). The van der Waals surface area contributed by atoms with Gasteiger partial charge in [-0.2, -0.15) is 0 Å². The summed E-state index contributed by atoms with van der Waals surface area (Å²) in [6, 6.07) is 11.1. The molecule has 0 spiro atoms. The van der Waals surface area contributed by atoms with Crippen LogP contribution >= 0.6 is 0 Å². The Labute approximate surface area is 144 Å². The van der Waals surface area contributed by atoms with Crippen LogP contribution in [0.15, 0.2) is 47.1 Å². The number of hydrogen-bond acceptors (Lipinski definition) is 5. The first kappa shape index (κ1) is 16.7. The zero-order valence-corrected chi connectivity index (χ0v) is 14.0. The predicted molar refractivity (Wildman–Crippen MR) is 92.1 cm³/mol. The van der Waals surface area contributed by atoms with Crippen LogP contribution in [0.5, 0.6) is 0 Å². The molecular weight excluding hydrogens is 320 g/mol. The Hall–Kier alpha value is -3.15. The fraction of sp³-hybridized carbons (Fsp3) is 0.211. The Bertz CT molecular complexity index is 917. The minimum absolute atomic E-state index is 0.249. The lowest BCUT2D eigenvalue weighted by Gasteiger charge is -2.12. The smallest absolute Gasteiger partial charge is 0.340 e. The number of pyridine rings is 1. The quantitative estimate of drug-likeness (QED) is 0.723. The number of aryl methyl sites for hydroxylation is 2. The lowest BCUT2D eigenvalue weighted by molar-refractivity contribution is -0.124. The van der Waals surface area contributed by atoms with Crippen molar-refractivity contribution in [3.05, 3.63) is 65.2 Å². The summed E-state index contributed by atoms with van der Waals surface area (Å²) in [6.07, 6.45) is 1.53. The van der Waals surface area contributed by atoms with Crippen molar-refractivity contribution in [1.29, 1.82) is 0 Å². The van der Waals surface area contributed by atoms with Crippen molar-refractivity contribution >= 4 is 22.8 Å². The molecule has 0 aliphatic heterocycles. The highest BCUT2D eigenvalue weighted by atomic mass is 16.5. The van der Waals surface area contributed by atoms with E-state index in [1.54, 1.807) is 19.1 Å². The SMILES string of the molecule is Cc1nc2ccccc2c(C)c1C(=O)OCC(=O)NCc1ccco1. The Balaban J connectivity index is 1.67. The summed E-state index contributed by atoms with van der Waals surface area (Å²) >= 11 is 0. The van der Waals surface area contributed by atoms with Gasteiger partial charge in [0.15, 0.2) is 6.61 Å². The number of fused-ring (bicyclic) bond motifs is 1. The average Bonchev–Trinajstić information content (AvgIpc) is 3.11. The second kappa shape index (κ2) is 7.17. The summed E-state index contributed by atoms with van der Waals surface area (Å²) in [5.41, 5.74) is 2.60. The zero-order valence-electron chi connectivity index (χ0n) is 14.0. The minimum atomic E-state index is -0.554. The van der Waals surface area contributed by atoms with Crippen molar-refractivity contribution in [2.24, 2.45) is 0 Å². The van der Waals surface area contributed by atoms with Crippen LogP contribution in [0.3, 0.4) is 0 Å². The molecule has 0 fully saturated rings. The molecule has 6 heteroatoms. The van der Waals surface area contributed by atoms with Gasteiger partial charge >= 0.3 is 5.97 Å². The molecule has 0 aliphatic carbocycles. The molecule has 3 aromatic rings. The van der Waals surface area contributed by atoms with Crippen molar-refractivity contribution in [3.8, 4) is 0 Å². The van der Waals surface area contributed by atoms with Gasteiger partial charge in [-0.25, -0.2) is 4.79 Å². The van der Waals surface area contributed by atoms with Crippen LogP contribution in [-0.2, 0) is 16.1 Å². The molecule has 0 radical (unpaired) electrons. The number of para-hydroxylation sites is 1. The third-order valence-corrected chi connectivity index (χ3v) is 3.91. The van der Waals surface area contributed by atoms with E-state index < -0.39 is 11.9 Å². The van der Waals surface area contributed by atoms with E-state index in [0.29, 0.717) is 17.0 Å². The molecule has 1 N–H and O–H groups in total. The first-order valence-electron chi connectivity index (χ1n) is 7.88. The second-order valence-electron chi connectivity index (χ2n) is 5.65. The van der Waals surface area contributed by atoms with Crippen molar-refractivity contribution in [2.45, 2.75) is 20.4 Å². The third kappa shape index (κ3) is 3.68. The monoisotopic (exact) mass is 338 g/mol. The van der Waals surface area contributed by atoms with E-state index >= 15 is 0 Å². The van der Waals surface area contributed by atoms with Crippen LogP contribution in [0.2, 0.25) is 0 Å². The molecular formula is C19H18N2O4. The minimum Gasteiger partial charge on any atom is -0.467 e. The number of aromatic nitrogens is 1. The van der Waals surface area contributed by atoms with Crippen molar-refractivity contribution in [2.75, 3.05) is 6.61 Å². The van der Waals surface area contributed by atoms with Gasteiger partial charge in [0.2, 0.25) is 0 Å². The van der Waals surface area contributed by atoms with E-state index in [9.17, 15) is 9.59 Å². The summed E-state index contributed by atoms with van der Waals surface area (Å²) in [5.74, 6) is -0.319. The number of furan rings is 1. The summed E-state index contributed by atoms with van der Waals surface area (Å²) in [4.78, 5) is 28.7. The molecule has 0 bridgehead atoms. The van der Waals surface area contributed by atoms with Gasteiger partial charge < -0.3 is 14.5 Å². The predicted octanol–water partition coefficient (Wildman–Crippen LogP) is 2.92. The summed E-state index contributed by atoms with van der Waals surface area (Å²) < 4.78 is 10.3. The summed E-state index contributed by atoms with van der Waals surface area (Å²) in [5, 5.41) is 3.52. The summed E-state index contributed by atoms with van der Waals surface area (Å²) in [7, 11) is 0. The van der Waals surface area contributed by atoms with E-state index in [1.807, 2.05) is 31.2 Å². The maximum absolute atomic E-state index is 12.4. The van der Waals surface area contributed by atoms with Gasteiger partial charge in [0.25, 0.3) is 5.91 Å². The largest absolute Gasteiger partial charge is 0.467 e. The Morgan fingerprint density at radius 3 is 2.72 bits per heavy atom. The Morgan fingerprint density at radius 1 is 1.16 bits per heavy atom. The molecule has 0 atom stereocenters. The van der Waals surface area contributed by atoms with Gasteiger partial charge in [-0.3, -0.25) is 9.78 Å². The van der Waals surface area contributed by atoms with E-state index in [0.717, 1.165) is 16.5 Å². The molecule has 0 unspecified atom stereocenters. The number of hydrogen-bond donors (Lipinski definition) is 1. The van der Waals surface area contributed by atoms with Crippen LogP contribution in [-0.4, -0.2) is 23.5 Å². The molecule has 2 heterocycles. The lowest BCUT2D eigenvalue weighted by atomic mass is 10.0. The van der Waals surface area contributed by atoms with Gasteiger partial charge in [-0.05, 0) is 37.6 Å². The molecule has 25 heavy (non-hydrogen) atoms. The molecule has 0 aliphatic rings. The van der Waals surface area contributed by atoms with Crippen LogP contribution < -0.4 is 5.32 Å². The highest BCUT2D eigenvalue weighted by Gasteiger charge is 2.18. The van der Waals surface area contributed by atoms with Crippen LogP contribution in [0.1, 0.15) is 27.4 Å². The van der Waals surface area contributed by atoms with Gasteiger partial charge in [-0.1, -0.05) is 18.2 Å². The van der Waals surface area contributed by atoms with Crippen LogP contribution in [0.4, 0.5) is 0 Å². The third-order valence-electron chi connectivity index (χ3n) is 3.91. The molecule has 2 aromatic heterocycles. The van der Waals surface area contributed by atoms with Crippen LogP contribution in [0, 0.1) is 13.8 Å². The molecule has 0 saturated heterocycles. The highest BCUT2D eigenvalue weighted by molar-refractivity contribution is 5.99. The molecule has 128 valence electrons. The average molecular weight is 338 g/mol. The Morgan fingerprint density at radius 2 is 1.96 bits per heavy atom. The molecule has 0 saturated carbocycles. The topological polar surface area (TPSA) is 81.4 Å². The number of esters is 1. The van der Waals surface area contributed by atoms with E-state index in [-0.39, 0.29) is 13.2 Å². The first-order chi connectivity index (χ1) is 12.1. The lowest BCUT2D eigenvalue weighted by Crippen LogP contribution is -2.28. The maximum atomic E-state index is 12.4. The van der Waals surface area contributed by atoms with E-state index in [1.165, 1.54) is 6.26 Å². The standard InChI is InChI=1S/C19H18N2O4/c1-12-15-7-3-4-8-16(15)21-13(2)18(12)19(23)25-11-17(22)20-10-14-6-5-9-24-14/h3-9H,10-11H2,1-2H3,(H,20,22). The first-order valence-corrected chi connectivity index (χ1v) is 7.88. The number of benzene rings is 1. The van der Waals surface area contributed by atoms with Gasteiger partial charge in [0.05, 0.1) is 29.6 Å². The number of nitrogens with zero attached hydrogens (tertiary/aromatic N) is 1. The van der Waals surface area contributed by atoms with Crippen LogP contribution in [0.25, 0.3) is 10.9 Å². The fourth-order valence-electron chi connectivity index (χ4n) is 2.68. The molecule has 6 nitrogen and oxygen atoms in total. The summed E-state index contributed by atoms with van der Waals surface area (Å²) in [6.45, 7) is 3.50. The second-order valence-corrected chi connectivity index (χ2v) is 5.65. The van der Waals surface area contributed by atoms with Gasteiger partial charge in [0.1, 0.15) is 5.76 Å². The normalized spacial score (nSPS) is 10.6. The number of nitrogens with one attached hydrogen (secondary N) is 1. The Kier molecular flexibility index (Phi) is 4.79. The van der Waals surface area contributed by atoms with Crippen molar-refractivity contribution in [1.82, 2.24) is 10.3 Å². The number of ether oxygens (including phenoxy) is 1. The molecule has 1 aromatic carbocycles. The highest BCUT2D eigenvalue weighted by Crippen LogP contribution is 2.23. The van der Waals surface area contributed by atoms with Gasteiger partial charge in [0, 0.05) is 5.39 Å². The van der Waals surface area contributed by atoms with Crippen molar-refractivity contribution < 1.29 is 18.7 Å². The van der Waals surface area contributed by atoms with Crippen molar-refractivity contribution in [3.63, 3.8) is 0 Å². The number of carbonyl (C=O) groups excluding carboxylic acids is 2. The molecule has 1 amide bonds. The fourth-order valence-corrected chi connectivity index (χ4v) is 2.68. The van der Waals surface area contributed by atoms with E-state index in [4.69, 9.17) is 9.15 Å². The van der Waals surface area contributed by atoms with Gasteiger partial charge in [-0.15, -0.1) is 0 Å². The number of rotatable bonds is 5. The number of carbonyl (C=O) groups is 2. The number of amides is 1. The zero-order chi connectivity index (χ0) is 17.8. The van der Waals surface area contributed by atoms with E-state index in [2.05, 4.69) is 10.3 Å².